The summed E-state index contributed by atoms with van der Waals surface area (Å²) in [5.74, 6) is -0.488. The number of hydrogen-bond donors (Lipinski definition) is 3. The first-order valence-electron chi connectivity index (χ1n) is 13.1. The molecular formula is C30H32Cl2N4O3. The quantitative estimate of drug-likeness (QED) is 0.277. The maximum atomic E-state index is 13.4. The van der Waals surface area contributed by atoms with Crippen LogP contribution in [0.2, 0.25) is 10.0 Å². The first-order chi connectivity index (χ1) is 18.8. The first kappa shape index (κ1) is 28.6. The zero-order chi connectivity index (χ0) is 27.8. The van der Waals surface area contributed by atoms with Gasteiger partial charge in [0.2, 0.25) is 5.91 Å². The summed E-state index contributed by atoms with van der Waals surface area (Å²) in [6.45, 7) is 2.43. The van der Waals surface area contributed by atoms with Crippen molar-refractivity contribution in [2.45, 2.75) is 51.5 Å². The third-order valence-electron chi connectivity index (χ3n) is 7.19. The van der Waals surface area contributed by atoms with Gasteiger partial charge in [0.25, 0.3) is 11.8 Å². The van der Waals surface area contributed by atoms with Gasteiger partial charge in [0.15, 0.2) is 0 Å². The lowest BCUT2D eigenvalue weighted by molar-refractivity contribution is -0.131. The number of hydrogen-bond acceptors (Lipinski definition) is 4. The average Bonchev–Trinajstić information content (AvgIpc) is 3.40. The summed E-state index contributed by atoms with van der Waals surface area (Å²) in [5.41, 5.74) is 1.98. The van der Waals surface area contributed by atoms with Crippen LogP contribution < -0.4 is 16.0 Å². The number of benzene rings is 2. The van der Waals surface area contributed by atoms with Crippen LogP contribution >= 0.6 is 23.2 Å². The van der Waals surface area contributed by atoms with E-state index in [9.17, 15) is 14.4 Å². The molecule has 0 spiro atoms. The number of aromatic nitrogens is 1. The van der Waals surface area contributed by atoms with E-state index in [1.54, 1.807) is 42.7 Å². The predicted octanol–water partition coefficient (Wildman–Crippen LogP) is 6.07. The summed E-state index contributed by atoms with van der Waals surface area (Å²) < 4.78 is 0. The molecule has 204 valence electrons. The third-order valence-corrected chi connectivity index (χ3v) is 7.82. The summed E-state index contributed by atoms with van der Waals surface area (Å²) in [6, 6.07) is 15.7. The van der Waals surface area contributed by atoms with Crippen LogP contribution in [-0.2, 0) is 11.2 Å². The largest absolute Gasteiger partial charge is 0.353 e. The fourth-order valence-electron chi connectivity index (χ4n) is 5.08. The fourth-order valence-corrected chi connectivity index (χ4v) is 5.65. The lowest BCUT2D eigenvalue weighted by atomic mass is 9.81. The van der Waals surface area contributed by atoms with Crippen LogP contribution in [0.1, 0.15) is 65.3 Å². The van der Waals surface area contributed by atoms with Gasteiger partial charge in [-0.3, -0.25) is 19.4 Å². The second kappa shape index (κ2) is 13.1. The van der Waals surface area contributed by atoms with E-state index in [4.69, 9.17) is 23.2 Å². The van der Waals surface area contributed by atoms with Crippen molar-refractivity contribution in [1.82, 2.24) is 15.6 Å². The zero-order valence-electron chi connectivity index (χ0n) is 21.8. The zero-order valence-corrected chi connectivity index (χ0v) is 23.3. The summed E-state index contributed by atoms with van der Waals surface area (Å²) in [5, 5.41) is 9.55. The normalized spacial score (nSPS) is 14.8. The van der Waals surface area contributed by atoms with Crippen LogP contribution in [0.15, 0.2) is 67.0 Å². The Hall–Kier alpha value is -3.42. The molecule has 1 saturated carbocycles. The minimum Gasteiger partial charge on any atom is -0.353 e. The van der Waals surface area contributed by atoms with Gasteiger partial charge in [0.1, 0.15) is 0 Å². The van der Waals surface area contributed by atoms with E-state index < -0.39 is 5.41 Å². The molecule has 3 N–H and O–H groups in total. The van der Waals surface area contributed by atoms with Gasteiger partial charge in [0.05, 0.1) is 21.0 Å². The maximum Gasteiger partial charge on any atom is 0.258 e. The van der Waals surface area contributed by atoms with Gasteiger partial charge in [-0.2, -0.15) is 0 Å². The Morgan fingerprint density at radius 2 is 1.56 bits per heavy atom. The number of carbonyl (C=O) groups excluding carboxylic acids is 3. The molecular weight excluding hydrogens is 535 g/mol. The summed E-state index contributed by atoms with van der Waals surface area (Å²) in [6.07, 6.45) is 8.07. The van der Waals surface area contributed by atoms with Crippen molar-refractivity contribution in [2.24, 2.45) is 5.41 Å². The predicted molar refractivity (Wildman–Crippen MR) is 154 cm³/mol. The second-order valence-corrected chi connectivity index (χ2v) is 10.9. The molecule has 2 aromatic carbocycles. The Balaban J connectivity index is 1.29. The van der Waals surface area contributed by atoms with E-state index in [-0.39, 0.29) is 39.4 Å². The Bertz CT molecular complexity index is 1290. The third kappa shape index (κ3) is 7.37. The van der Waals surface area contributed by atoms with Crippen molar-refractivity contribution in [3.05, 3.63) is 93.7 Å². The molecule has 7 nitrogen and oxygen atoms in total. The van der Waals surface area contributed by atoms with Gasteiger partial charge >= 0.3 is 0 Å². The standard InChI is InChI=1S/C30H32Cl2N4O3/c1-20(19-21-7-9-23(10-8-21)36-28(38)26-24(31)5-4-6-25(26)32)35-29(39)30(13-2-3-14-30)15-18-34-27(37)22-11-16-33-17-12-22/h4-12,16-17,20H,2-3,13-15,18-19H2,1H3,(H,34,37)(H,35,39)(H,36,38). The molecule has 3 aromatic rings. The van der Waals surface area contributed by atoms with Crippen molar-refractivity contribution >= 4 is 46.6 Å². The number of pyridine rings is 1. The van der Waals surface area contributed by atoms with Crippen LogP contribution in [0.25, 0.3) is 0 Å². The molecule has 1 heterocycles. The summed E-state index contributed by atoms with van der Waals surface area (Å²) >= 11 is 12.3. The van der Waals surface area contributed by atoms with E-state index in [0.29, 0.717) is 30.6 Å². The van der Waals surface area contributed by atoms with E-state index in [0.717, 1.165) is 31.2 Å². The Morgan fingerprint density at radius 3 is 2.21 bits per heavy atom. The molecule has 1 atom stereocenters. The molecule has 0 bridgehead atoms. The molecule has 1 aliphatic carbocycles. The van der Waals surface area contributed by atoms with Crippen molar-refractivity contribution in [2.75, 3.05) is 11.9 Å². The lowest BCUT2D eigenvalue weighted by Crippen LogP contribution is -2.45. The fraction of sp³-hybridized carbons (Fsp3) is 0.333. The van der Waals surface area contributed by atoms with Gasteiger partial charge in [-0.15, -0.1) is 0 Å². The van der Waals surface area contributed by atoms with Crippen molar-refractivity contribution in [3.63, 3.8) is 0 Å². The first-order valence-corrected chi connectivity index (χ1v) is 13.9. The van der Waals surface area contributed by atoms with E-state index in [2.05, 4.69) is 20.9 Å². The number of rotatable bonds is 10. The Kier molecular flexibility index (Phi) is 9.59. The van der Waals surface area contributed by atoms with Crippen LogP contribution in [0, 0.1) is 5.41 Å². The van der Waals surface area contributed by atoms with Crippen molar-refractivity contribution in [3.8, 4) is 0 Å². The van der Waals surface area contributed by atoms with Gasteiger partial charge in [0, 0.05) is 36.2 Å². The highest BCUT2D eigenvalue weighted by Crippen LogP contribution is 2.41. The number of carbonyl (C=O) groups is 3. The smallest absolute Gasteiger partial charge is 0.258 e. The van der Waals surface area contributed by atoms with Crippen LogP contribution in [-0.4, -0.2) is 35.3 Å². The summed E-state index contributed by atoms with van der Waals surface area (Å²) in [7, 11) is 0. The maximum absolute atomic E-state index is 13.4. The van der Waals surface area contributed by atoms with Gasteiger partial charge in [-0.1, -0.05) is 54.2 Å². The van der Waals surface area contributed by atoms with Crippen LogP contribution in [0.4, 0.5) is 5.69 Å². The molecule has 0 radical (unpaired) electrons. The molecule has 4 rings (SSSR count). The highest BCUT2D eigenvalue weighted by molar-refractivity contribution is 6.40. The van der Waals surface area contributed by atoms with E-state index in [1.165, 1.54) is 0 Å². The molecule has 1 aliphatic rings. The SMILES string of the molecule is CC(Cc1ccc(NC(=O)c2c(Cl)cccc2Cl)cc1)NC(=O)C1(CCNC(=O)c2ccncc2)CCCC1. The van der Waals surface area contributed by atoms with E-state index >= 15 is 0 Å². The molecule has 3 amide bonds. The molecule has 0 saturated heterocycles. The van der Waals surface area contributed by atoms with Crippen LogP contribution in [0.3, 0.4) is 0 Å². The Morgan fingerprint density at radius 1 is 0.923 bits per heavy atom. The molecule has 0 aliphatic heterocycles. The second-order valence-electron chi connectivity index (χ2n) is 10.1. The van der Waals surface area contributed by atoms with E-state index in [1.807, 2.05) is 31.2 Å². The topological polar surface area (TPSA) is 100 Å². The van der Waals surface area contributed by atoms with Crippen LogP contribution in [0.5, 0.6) is 0 Å². The average molecular weight is 568 g/mol. The van der Waals surface area contributed by atoms with Crippen molar-refractivity contribution in [1.29, 1.82) is 0 Å². The molecule has 1 unspecified atom stereocenters. The molecule has 1 fully saturated rings. The number of amides is 3. The number of anilines is 1. The van der Waals surface area contributed by atoms with Crippen molar-refractivity contribution < 1.29 is 14.4 Å². The lowest BCUT2D eigenvalue weighted by Gasteiger charge is -2.29. The number of nitrogens with zero attached hydrogens (tertiary/aromatic N) is 1. The number of halogens is 2. The highest BCUT2D eigenvalue weighted by atomic mass is 35.5. The molecule has 9 heteroatoms. The molecule has 1 aromatic heterocycles. The minimum atomic E-state index is -0.464. The van der Waals surface area contributed by atoms with Gasteiger partial charge in [-0.25, -0.2) is 0 Å². The van der Waals surface area contributed by atoms with Gasteiger partial charge in [-0.05, 0) is 74.6 Å². The molecule has 39 heavy (non-hydrogen) atoms. The number of nitrogens with one attached hydrogen (secondary N) is 3. The minimum absolute atomic E-state index is 0.0474. The monoisotopic (exact) mass is 566 g/mol. The van der Waals surface area contributed by atoms with Gasteiger partial charge < -0.3 is 16.0 Å². The highest BCUT2D eigenvalue weighted by Gasteiger charge is 2.41. The Labute approximate surface area is 238 Å². The summed E-state index contributed by atoms with van der Waals surface area (Å²) in [4.78, 5) is 42.3.